The standard InChI is InChI=1S/C22H38O4/c1-3-5-15-25-21(23)19-13-9-7-11-17(19)18-12-8-10-14-20(18)22(24)26-16-6-4-2/h17-20H,3-16H2,1-2H3. The van der Waals surface area contributed by atoms with Gasteiger partial charge in [0.1, 0.15) is 0 Å². The molecule has 4 atom stereocenters. The maximum absolute atomic E-state index is 12.7. The molecule has 0 spiro atoms. The summed E-state index contributed by atoms with van der Waals surface area (Å²) in [4.78, 5) is 25.4. The van der Waals surface area contributed by atoms with Gasteiger partial charge in [0, 0.05) is 0 Å². The van der Waals surface area contributed by atoms with Crippen LogP contribution in [0.3, 0.4) is 0 Å². The molecular formula is C22H38O4. The van der Waals surface area contributed by atoms with Crippen molar-refractivity contribution in [3.05, 3.63) is 0 Å². The third kappa shape index (κ3) is 5.99. The van der Waals surface area contributed by atoms with E-state index in [0.29, 0.717) is 25.0 Å². The van der Waals surface area contributed by atoms with Crippen molar-refractivity contribution in [2.45, 2.75) is 90.9 Å². The lowest BCUT2D eigenvalue weighted by Crippen LogP contribution is -2.40. The molecule has 2 aliphatic carbocycles. The highest BCUT2D eigenvalue weighted by atomic mass is 16.5. The largest absolute Gasteiger partial charge is 0.465 e. The van der Waals surface area contributed by atoms with E-state index in [1.54, 1.807) is 0 Å². The molecule has 0 aromatic heterocycles. The topological polar surface area (TPSA) is 52.6 Å². The Bertz CT molecular complexity index is 394. The molecule has 0 N–H and O–H groups in total. The summed E-state index contributed by atoms with van der Waals surface area (Å²) in [5.74, 6) is 0.506. The number of carbonyl (C=O) groups excluding carboxylic acids is 2. The highest BCUT2D eigenvalue weighted by Crippen LogP contribution is 2.45. The van der Waals surface area contributed by atoms with Gasteiger partial charge in [0.2, 0.25) is 0 Å². The molecule has 0 amide bonds. The maximum Gasteiger partial charge on any atom is 0.309 e. The van der Waals surface area contributed by atoms with Gasteiger partial charge in [0.15, 0.2) is 0 Å². The van der Waals surface area contributed by atoms with Crippen LogP contribution in [0.2, 0.25) is 0 Å². The van der Waals surface area contributed by atoms with Crippen molar-refractivity contribution in [2.24, 2.45) is 23.7 Å². The van der Waals surface area contributed by atoms with Crippen LogP contribution in [0.1, 0.15) is 90.9 Å². The average molecular weight is 367 g/mol. The molecule has 26 heavy (non-hydrogen) atoms. The monoisotopic (exact) mass is 366 g/mol. The van der Waals surface area contributed by atoms with Crippen LogP contribution in [0.5, 0.6) is 0 Å². The molecule has 4 unspecified atom stereocenters. The zero-order valence-corrected chi connectivity index (χ0v) is 16.8. The van der Waals surface area contributed by atoms with E-state index in [9.17, 15) is 9.59 Å². The Labute approximate surface area is 159 Å². The first-order valence-electron chi connectivity index (χ1n) is 11.0. The molecule has 0 radical (unpaired) electrons. The molecule has 0 aromatic carbocycles. The second kappa shape index (κ2) is 11.6. The lowest BCUT2D eigenvalue weighted by atomic mass is 9.64. The Balaban J connectivity index is 2.02. The number of ether oxygens (including phenoxy) is 2. The van der Waals surface area contributed by atoms with Crippen LogP contribution >= 0.6 is 0 Å². The van der Waals surface area contributed by atoms with Gasteiger partial charge in [-0.3, -0.25) is 9.59 Å². The summed E-state index contributed by atoms with van der Waals surface area (Å²) in [6, 6.07) is 0. The van der Waals surface area contributed by atoms with Gasteiger partial charge in [0.25, 0.3) is 0 Å². The van der Waals surface area contributed by atoms with Gasteiger partial charge in [-0.2, -0.15) is 0 Å². The fourth-order valence-corrected chi connectivity index (χ4v) is 4.78. The fourth-order valence-electron chi connectivity index (χ4n) is 4.78. The van der Waals surface area contributed by atoms with Crippen LogP contribution in [0.25, 0.3) is 0 Å². The van der Waals surface area contributed by atoms with E-state index in [1.165, 1.54) is 0 Å². The number of esters is 2. The number of carbonyl (C=O) groups is 2. The molecule has 4 nitrogen and oxygen atoms in total. The average Bonchev–Trinajstić information content (AvgIpc) is 2.68. The van der Waals surface area contributed by atoms with E-state index in [4.69, 9.17) is 9.47 Å². The van der Waals surface area contributed by atoms with Crippen molar-refractivity contribution in [1.82, 2.24) is 0 Å². The van der Waals surface area contributed by atoms with E-state index < -0.39 is 0 Å². The minimum atomic E-state index is -0.0215. The van der Waals surface area contributed by atoms with Crippen molar-refractivity contribution >= 4 is 11.9 Å². The van der Waals surface area contributed by atoms with Crippen molar-refractivity contribution < 1.29 is 19.1 Å². The number of unbranched alkanes of at least 4 members (excludes halogenated alkanes) is 2. The molecule has 2 rings (SSSR count). The fraction of sp³-hybridized carbons (Fsp3) is 0.909. The van der Waals surface area contributed by atoms with E-state index in [1.807, 2.05) is 0 Å². The second-order valence-corrected chi connectivity index (χ2v) is 8.15. The van der Waals surface area contributed by atoms with Gasteiger partial charge in [-0.1, -0.05) is 52.4 Å². The van der Waals surface area contributed by atoms with Gasteiger partial charge >= 0.3 is 11.9 Å². The first kappa shape index (κ1) is 21.2. The summed E-state index contributed by atoms with van der Waals surface area (Å²) < 4.78 is 11.1. The second-order valence-electron chi connectivity index (χ2n) is 8.15. The van der Waals surface area contributed by atoms with Crippen molar-refractivity contribution in [3.8, 4) is 0 Å². The van der Waals surface area contributed by atoms with Crippen LogP contribution in [-0.2, 0) is 19.1 Å². The molecule has 0 aliphatic heterocycles. The van der Waals surface area contributed by atoms with Crippen LogP contribution in [0, 0.1) is 23.7 Å². The zero-order chi connectivity index (χ0) is 18.8. The van der Waals surface area contributed by atoms with Gasteiger partial charge in [-0.25, -0.2) is 0 Å². The Kier molecular flexibility index (Phi) is 9.49. The smallest absolute Gasteiger partial charge is 0.309 e. The zero-order valence-electron chi connectivity index (χ0n) is 16.8. The van der Waals surface area contributed by atoms with E-state index in [0.717, 1.165) is 77.0 Å². The first-order chi connectivity index (χ1) is 12.7. The van der Waals surface area contributed by atoms with E-state index in [2.05, 4.69) is 13.8 Å². The third-order valence-corrected chi connectivity index (χ3v) is 6.28. The molecule has 2 saturated carbocycles. The van der Waals surface area contributed by atoms with Gasteiger partial charge in [0.05, 0.1) is 25.0 Å². The number of hydrogen-bond acceptors (Lipinski definition) is 4. The Morgan fingerprint density at radius 2 is 1.08 bits per heavy atom. The highest BCUT2D eigenvalue weighted by Gasteiger charge is 2.43. The van der Waals surface area contributed by atoms with Crippen molar-refractivity contribution in [3.63, 3.8) is 0 Å². The van der Waals surface area contributed by atoms with Crippen LogP contribution in [0.4, 0.5) is 0 Å². The third-order valence-electron chi connectivity index (χ3n) is 6.28. The summed E-state index contributed by atoms with van der Waals surface area (Å²) in [7, 11) is 0. The Morgan fingerprint density at radius 3 is 1.46 bits per heavy atom. The quantitative estimate of drug-likeness (QED) is 0.411. The summed E-state index contributed by atoms with van der Waals surface area (Å²) in [6.45, 7) is 5.28. The van der Waals surface area contributed by atoms with E-state index in [-0.39, 0.29) is 23.8 Å². The lowest BCUT2D eigenvalue weighted by Gasteiger charge is -2.41. The molecular weight excluding hydrogens is 328 g/mol. The molecule has 0 aromatic rings. The summed E-state index contributed by atoms with van der Waals surface area (Å²) in [5.41, 5.74) is 0. The van der Waals surface area contributed by atoms with Crippen LogP contribution < -0.4 is 0 Å². The SMILES string of the molecule is CCCCOC(=O)C1CCCCC1C1CCCCC1C(=O)OCCCC. The molecule has 2 aliphatic rings. The maximum atomic E-state index is 12.7. The Hall–Kier alpha value is -1.06. The molecule has 0 saturated heterocycles. The summed E-state index contributed by atoms with van der Waals surface area (Å²) in [5, 5.41) is 0. The normalized spacial score (nSPS) is 29.2. The molecule has 0 bridgehead atoms. The van der Waals surface area contributed by atoms with E-state index >= 15 is 0 Å². The Morgan fingerprint density at radius 1 is 0.692 bits per heavy atom. The molecule has 0 heterocycles. The summed E-state index contributed by atoms with van der Waals surface area (Å²) >= 11 is 0. The molecule has 4 heteroatoms. The van der Waals surface area contributed by atoms with Gasteiger partial charge in [-0.15, -0.1) is 0 Å². The first-order valence-corrected chi connectivity index (χ1v) is 11.0. The predicted molar refractivity (Wildman–Crippen MR) is 103 cm³/mol. The summed E-state index contributed by atoms with van der Waals surface area (Å²) in [6.07, 6.45) is 12.4. The van der Waals surface area contributed by atoms with Crippen LogP contribution in [0.15, 0.2) is 0 Å². The highest BCUT2D eigenvalue weighted by molar-refractivity contribution is 5.75. The predicted octanol–water partition coefficient (Wildman–Crippen LogP) is 5.29. The van der Waals surface area contributed by atoms with Gasteiger partial charge in [-0.05, 0) is 50.4 Å². The van der Waals surface area contributed by atoms with Crippen LogP contribution in [-0.4, -0.2) is 25.2 Å². The minimum Gasteiger partial charge on any atom is -0.465 e. The number of rotatable bonds is 9. The number of hydrogen-bond donors (Lipinski definition) is 0. The molecule has 2 fully saturated rings. The minimum absolute atomic E-state index is 0.0188. The van der Waals surface area contributed by atoms with Crippen molar-refractivity contribution in [2.75, 3.05) is 13.2 Å². The molecule has 150 valence electrons. The lowest BCUT2D eigenvalue weighted by molar-refractivity contribution is -0.159. The van der Waals surface area contributed by atoms with Gasteiger partial charge < -0.3 is 9.47 Å². The van der Waals surface area contributed by atoms with Crippen molar-refractivity contribution in [1.29, 1.82) is 0 Å².